The number of hydrogen-bond acceptors (Lipinski definition) is 6. The Hall–Kier alpha value is -2.76. The van der Waals surface area contributed by atoms with Crippen molar-refractivity contribution in [1.29, 1.82) is 0 Å². The van der Waals surface area contributed by atoms with E-state index in [4.69, 9.17) is 16.3 Å². The van der Waals surface area contributed by atoms with Gasteiger partial charge in [0.05, 0.1) is 14.8 Å². The highest BCUT2D eigenvalue weighted by atomic mass is 35.5. The van der Waals surface area contributed by atoms with E-state index in [1.807, 2.05) is 0 Å². The van der Waals surface area contributed by atoms with Crippen LogP contribution in [0.3, 0.4) is 0 Å². The van der Waals surface area contributed by atoms with Gasteiger partial charge in [0.15, 0.2) is 6.61 Å². The topological polar surface area (TPSA) is 110 Å². The number of carbonyl (C=O) groups excluding carboxylic acids is 1. The molecule has 12 heteroatoms. The molecule has 0 aliphatic carbocycles. The van der Waals surface area contributed by atoms with Crippen LogP contribution in [0.4, 0.5) is 10.1 Å². The molecule has 1 saturated heterocycles. The molecule has 0 radical (unpaired) electrons. The summed E-state index contributed by atoms with van der Waals surface area (Å²) in [7, 11) is -3.77. The monoisotopic (exact) mass is 457 g/mol. The molecular formula is C18H17ClFN3O6S. The Bertz CT molecular complexity index is 1060. The molecule has 0 unspecified atom stereocenters. The van der Waals surface area contributed by atoms with Crippen molar-refractivity contribution < 1.29 is 27.3 Å². The Balaban J connectivity index is 1.55. The predicted molar refractivity (Wildman–Crippen MR) is 105 cm³/mol. The number of amides is 1. The van der Waals surface area contributed by atoms with Crippen LogP contribution in [0.5, 0.6) is 5.75 Å². The Morgan fingerprint density at radius 3 is 2.33 bits per heavy atom. The summed E-state index contributed by atoms with van der Waals surface area (Å²) in [5.74, 6) is -0.770. The first kappa shape index (κ1) is 21.9. The van der Waals surface area contributed by atoms with Gasteiger partial charge < -0.3 is 9.64 Å². The molecule has 1 fully saturated rings. The number of nitro benzene ring substituents is 1. The molecule has 0 N–H and O–H groups in total. The minimum Gasteiger partial charge on any atom is -0.482 e. The highest BCUT2D eigenvalue weighted by molar-refractivity contribution is 7.89. The van der Waals surface area contributed by atoms with Crippen LogP contribution >= 0.6 is 11.6 Å². The van der Waals surface area contributed by atoms with E-state index in [0.717, 1.165) is 18.2 Å². The molecule has 0 spiro atoms. The number of benzene rings is 2. The Kier molecular flexibility index (Phi) is 6.54. The number of non-ortho nitro benzene ring substituents is 1. The number of hydrogen-bond donors (Lipinski definition) is 0. The quantitative estimate of drug-likeness (QED) is 0.486. The number of carbonyl (C=O) groups is 1. The highest BCUT2D eigenvalue weighted by Gasteiger charge is 2.30. The zero-order valence-corrected chi connectivity index (χ0v) is 17.1. The van der Waals surface area contributed by atoms with Gasteiger partial charge in [0, 0.05) is 38.3 Å². The van der Waals surface area contributed by atoms with Crippen LogP contribution in [0.15, 0.2) is 47.4 Å². The molecule has 2 aromatic rings. The van der Waals surface area contributed by atoms with Gasteiger partial charge in [-0.25, -0.2) is 12.8 Å². The molecule has 1 heterocycles. The normalized spacial score (nSPS) is 15.1. The van der Waals surface area contributed by atoms with Crippen molar-refractivity contribution in [3.05, 3.63) is 63.4 Å². The lowest BCUT2D eigenvalue weighted by molar-refractivity contribution is -0.384. The van der Waals surface area contributed by atoms with E-state index < -0.39 is 20.8 Å². The second-order valence-electron chi connectivity index (χ2n) is 6.40. The van der Waals surface area contributed by atoms with Crippen LogP contribution < -0.4 is 4.74 Å². The second kappa shape index (κ2) is 8.94. The SMILES string of the molecule is O=C(COc1ccc([N+](=O)[O-])cc1Cl)N1CCN(S(=O)(=O)c2ccc(F)cc2)CC1. The fourth-order valence-corrected chi connectivity index (χ4v) is 4.54. The van der Waals surface area contributed by atoms with Crippen molar-refractivity contribution in [2.75, 3.05) is 32.8 Å². The van der Waals surface area contributed by atoms with Gasteiger partial charge in [-0.15, -0.1) is 0 Å². The summed E-state index contributed by atoms with van der Waals surface area (Å²) in [4.78, 5) is 23.9. The summed E-state index contributed by atoms with van der Waals surface area (Å²) in [5.41, 5.74) is -0.197. The van der Waals surface area contributed by atoms with Gasteiger partial charge in [-0.2, -0.15) is 4.31 Å². The number of nitro groups is 1. The van der Waals surface area contributed by atoms with E-state index >= 15 is 0 Å². The van der Waals surface area contributed by atoms with Gasteiger partial charge in [-0.1, -0.05) is 11.6 Å². The summed E-state index contributed by atoms with van der Waals surface area (Å²) in [6, 6.07) is 8.20. The Morgan fingerprint density at radius 2 is 1.77 bits per heavy atom. The lowest BCUT2D eigenvalue weighted by Crippen LogP contribution is -2.51. The van der Waals surface area contributed by atoms with Crippen molar-refractivity contribution in [2.24, 2.45) is 0 Å². The standard InChI is InChI=1S/C18H17ClFN3O6S/c19-16-11-14(23(25)26)3-6-17(16)29-12-18(24)21-7-9-22(10-8-21)30(27,28)15-4-1-13(20)2-5-15/h1-6,11H,7-10,12H2. The van der Waals surface area contributed by atoms with Gasteiger partial charge in [-0.05, 0) is 30.3 Å². The van der Waals surface area contributed by atoms with Gasteiger partial charge in [0.1, 0.15) is 11.6 Å². The molecule has 0 bridgehead atoms. The largest absolute Gasteiger partial charge is 0.482 e. The average Bonchev–Trinajstić information content (AvgIpc) is 2.73. The van der Waals surface area contributed by atoms with Crippen molar-refractivity contribution in [3.63, 3.8) is 0 Å². The zero-order chi connectivity index (χ0) is 21.9. The van der Waals surface area contributed by atoms with Crippen LogP contribution in [0.2, 0.25) is 5.02 Å². The molecule has 3 rings (SSSR count). The van der Waals surface area contributed by atoms with Crippen LogP contribution in [-0.2, 0) is 14.8 Å². The number of piperazine rings is 1. The molecule has 9 nitrogen and oxygen atoms in total. The van der Waals surface area contributed by atoms with Gasteiger partial charge in [-0.3, -0.25) is 14.9 Å². The van der Waals surface area contributed by atoms with E-state index in [0.29, 0.717) is 0 Å². The fraction of sp³-hybridized carbons (Fsp3) is 0.278. The molecule has 0 atom stereocenters. The van der Waals surface area contributed by atoms with Gasteiger partial charge in [0.2, 0.25) is 10.0 Å². The van der Waals surface area contributed by atoms with E-state index in [9.17, 15) is 27.7 Å². The number of halogens is 2. The van der Waals surface area contributed by atoms with Crippen molar-refractivity contribution in [1.82, 2.24) is 9.21 Å². The summed E-state index contributed by atoms with van der Waals surface area (Å²) in [6.07, 6.45) is 0. The summed E-state index contributed by atoms with van der Waals surface area (Å²) in [6.45, 7) is 0.156. The first-order chi connectivity index (χ1) is 14.2. The molecule has 0 saturated carbocycles. The third-order valence-corrected chi connectivity index (χ3v) is 6.73. The summed E-state index contributed by atoms with van der Waals surface area (Å²) >= 11 is 5.93. The molecule has 30 heavy (non-hydrogen) atoms. The number of nitrogens with zero attached hydrogens (tertiary/aromatic N) is 3. The van der Waals surface area contributed by atoms with Crippen molar-refractivity contribution >= 4 is 33.2 Å². The second-order valence-corrected chi connectivity index (χ2v) is 8.74. The van der Waals surface area contributed by atoms with Crippen LogP contribution in [-0.4, -0.2) is 61.2 Å². The maximum Gasteiger partial charge on any atom is 0.271 e. The number of rotatable bonds is 6. The van der Waals surface area contributed by atoms with Crippen LogP contribution in [0.1, 0.15) is 0 Å². The lowest BCUT2D eigenvalue weighted by atomic mass is 10.3. The molecule has 1 aliphatic heterocycles. The molecule has 1 amide bonds. The smallest absolute Gasteiger partial charge is 0.271 e. The Labute approximate surface area is 176 Å². The lowest BCUT2D eigenvalue weighted by Gasteiger charge is -2.34. The molecular weight excluding hydrogens is 441 g/mol. The first-order valence-electron chi connectivity index (χ1n) is 8.79. The highest BCUT2D eigenvalue weighted by Crippen LogP contribution is 2.28. The average molecular weight is 458 g/mol. The maximum absolute atomic E-state index is 13.0. The summed E-state index contributed by atoms with van der Waals surface area (Å²) in [5, 5.41) is 10.7. The van der Waals surface area contributed by atoms with E-state index in [2.05, 4.69) is 0 Å². The maximum atomic E-state index is 13.0. The molecule has 2 aromatic carbocycles. The van der Waals surface area contributed by atoms with Gasteiger partial charge >= 0.3 is 0 Å². The third-order valence-electron chi connectivity index (χ3n) is 4.52. The zero-order valence-electron chi connectivity index (χ0n) is 15.5. The number of ether oxygens (including phenoxy) is 1. The molecule has 160 valence electrons. The Morgan fingerprint density at radius 1 is 1.13 bits per heavy atom. The minimum absolute atomic E-state index is 0.00668. The molecule has 0 aromatic heterocycles. The first-order valence-corrected chi connectivity index (χ1v) is 10.6. The van der Waals surface area contributed by atoms with Crippen LogP contribution in [0.25, 0.3) is 0 Å². The summed E-state index contributed by atoms with van der Waals surface area (Å²) < 4.78 is 44.8. The predicted octanol–water partition coefficient (Wildman–Crippen LogP) is 2.30. The minimum atomic E-state index is -3.77. The fourth-order valence-electron chi connectivity index (χ4n) is 2.88. The number of sulfonamides is 1. The van der Waals surface area contributed by atoms with Crippen molar-refractivity contribution in [3.8, 4) is 5.75 Å². The third kappa shape index (κ3) is 4.86. The van der Waals surface area contributed by atoms with E-state index in [-0.39, 0.29) is 60.0 Å². The van der Waals surface area contributed by atoms with Gasteiger partial charge in [0.25, 0.3) is 11.6 Å². The van der Waals surface area contributed by atoms with Crippen molar-refractivity contribution in [2.45, 2.75) is 4.90 Å². The van der Waals surface area contributed by atoms with E-state index in [1.54, 1.807) is 0 Å². The molecule has 1 aliphatic rings. The van der Waals surface area contributed by atoms with E-state index in [1.165, 1.54) is 33.5 Å². The van der Waals surface area contributed by atoms with Crippen LogP contribution in [0, 0.1) is 15.9 Å².